The molecule has 0 fully saturated rings. The molecule has 136 valence electrons. The smallest absolute Gasteiger partial charge is 0.339 e. The molecule has 0 aromatic carbocycles. The first-order valence-electron chi connectivity index (χ1n) is 7.31. The standard InChI is InChI=1S/C15H23NO7S/c1-10-9-16(7-6-11(2)23-24(5,19)20)12(8-13(17)21-3)14(10)15(18)22-4/h9,11H,6-8H2,1-5H3. The fourth-order valence-corrected chi connectivity index (χ4v) is 3.09. The Morgan fingerprint density at radius 1 is 1.25 bits per heavy atom. The monoisotopic (exact) mass is 361 g/mol. The van der Waals surface area contributed by atoms with Crippen molar-refractivity contribution in [3.63, 3.8) is 0 Å². The summed E-state index contributed by atoms with van der Waals surface area (Å²) in [6.07, 6.45) is 2.47. The molecule has 0 bridgehead atoms. The minimum Gasteiger partial charge on any atom is -0.469 e. The Kier molecular flexibility index (Phi) is 6.97. The molecule has 0 radical (unpaired) electrons. The van der Waals surface area contributed by atoms with E-state index in [0.29, 0.717) is 29.8 Å². The molecule has 8 nitrogen and oxygen atoms in total. The zero-order chi connectivity index (χ0) is 18.5. The summed E-state index contributed by atoms with van der Waals surface area (Å²) in [6, 6.07) is 0. The van der Waals surface area contributed by atoms with E-state index in [0.717, 1.165) is 6.26 Å². The molecular weight excluding hydrogens is 338 g/mol. The summed E-state index contributed by atoms with van der Waals surface area (Å²) in [5.41, 5.74) is 1.45. The largest absolute Gasteiger partial charge is 0.469 e. The zero-order valence-electron chi connectivity index (χ0n) is 14.5. The predicted octanol–water partition coefficient (Wildman–Crippen LogP) is 1.05. The highest BCUT2D eigenvalue weighted by molar-refractivity contribution is 7.86. The molecule has 0 N–H and O–H groups in total. The number of aromatic nitrogens is 1. The van der Waals surface area contributed by atoms with Gasteiger partial charge in [0.15, 0.2) is 0 Å². The third-order valence-electron chi connectivity index (χ3n) is 3.42. The van der Waals surface area contributed by atoms with E-state index in [1.807, 2.05) is 0 Å². The van der Waals surface area contributed by atoms with Crippen molar-refractivity contribution in [2.24, 2.45) is 0 Å². The van der Waals surface area contributed by atoms with E-state index in [4.69, 9.17) is 8.92 Å². The molecule has 0 saturated carbocycles. The minimum atomic E-state index is -3.54. The van der Waals surface area contributed by atoms with Crippen LogP contribution in [-0.2, 0) is 41.5 Å². The van der Waals surface area contributed by atoms with Crippen molar-refractivity contribution in [3.8, 4) is 0 Å². The number of carbonyl (C=O) groups is 2. The molecule has 0 saturated heterocycles. The molecule has 1 aromatic rings. The van der Waals surface area contributed by atoms with Crippen LogP contribution in [0.15, 0.2) is 6.20 Å². The van der Waals surface area contributed by atoms with E-state index < -0.39 is 28.2 Å². The van der Waals surface area contributed by atoms with Crippen LogP contribution in [0.25, 0.3) is 0 Å². The Morgan fingerprint density at radius 2 is 1.88 bits per heavy atom. The summed E-state index contributed by atoms with van der Waals surface area (Å²) < 4.78 is 38.3. The van der Waals surface area contributed by atoms with Crippen LogP contribution >= 0.6 is 0 Å². The lowest BCUT2D eigenvalue weighted by atomic mass is 10.1. The quantitative estimate of drug-likeness (QED) is 0.504. The van der Waals surface area contributed by atoms with Crippen molar-refractivity contribution in [1.82, 2.24) is 4.57 Å². The van der Waals surface area contributed by atoms with Gasteiger partial charge in [-0.25, -0.2) is 4.79 Å². The summed E-state index contributed by atoms with van der Waals surface area (Å²) >= 11 is 0. The number of esters is 2. The van der Waals surface area contributed by atoms with Crippen LogP contribution in [0.5, 0.6) is 0 Å². The summed E-state index contributed by atoms with van der Waals surface area (Å²) in [5, 5.41) is 0. The summed E-state index contributed by atoms with van der Waals surface area (Å²) in [4.78, 5) is 23.6. The summed E-state index contributed by atoms with van der Waals surface area (Å²) in [7, 11) is -1.01. The van der Waals surface area contributed by atoms with E-state index in [9.17, 15) is 18.0 Å². The van der Waals surface area contributed by atoms with Crippen molar-refractivity contribution >= 4 is 22.1 Å². The Labute approximate surface area is 141 Å². The molecule has 0 spiro atoms. The lowest BCUT2D eigenvalue weighted by Crippen LogP contribution is -2.18. The van der Waals surface area contributed by atoms with Gasteiger partial charge in [-0.15, -0.1) is 0 Å². The van der Waals surface area contributed by atoms with Gasteiger partial charge in [0.05, 0.1) is 38.6 Å². The number of nitrogens with zero attached hydrogens (tertiary/aromatic N) is 1. The maximum atomic E-state index is 12.0. The Morgan fingerprint density at radius 3 is 2.38 bits per heavy atom. The van der Waals surface area contributed by atoms with Crippen LogP contribution in [0.4, 0.5) is 0 Å². The van der Waals surface area contributed by atoms with Crippen molar-refractivity contribution in [1.29, 1.82) is 0 Å². The molecule has 1 aromatic heterocycles. The van der Waals surface area contributed by atoms with Gasteiger partial charge in [0.2, 0.25) is 0 Å². The number of ether oxygens (including phenoxy) is 2. The topological polar surface area (TPSA) is 101 Å². The summed E-state index contributed by atoms with van der Waals surface area (Å²) in [6.45, 7) is 3.75. The van der Waals surface area contributed by atoms with E-state index in [2.05, 4.69) is 4.74 Å². The van der Waals surface area contributed by atoms with Gasteiger partial charge in [-0.1, -0.05) is 0 Å². The van der Waals surface area contributed by atoms with Gasteiger partial charge in [-0.2, -0.15) is 8.42 Å². The molecule has 9 heteroatoms. The molecule has 1 atom stereocenters. The normalized spacial score (nSPS) is 12.7. The van der Waals surface area contributed by atoms with Gasteiger partial charge < -0.3 is 14.0 Å². The van der Waals surface area contributed by atoms with Gasteiger partial charge in [-0.05, 0) is 25.8 Å². The Balaban J connectivity index is 3.05. The van der Waals surface area contributed by atoms with Crippen LogP contribution in [0, 0.1) is 6.92 Å². The average Bonchev–Trinajstić information content (AvgIpc) is 2.78. The molecule has 0 aliphatic heterocycles. The maximum absolute atomic E-state index is 12.0. The number of hydrogen-bond acceptors (Lipinski definition) is 7. The van der Waals surface area contributed by atoms with E-state index in [1.165, 1.54) is 14.2 Å². The molecule has 1 heterocycles. The number of hydrogen-bond donors (Lipinski definition) is 0. The predicted molar refractivity (Wildman–Crippen MR) is 86.2 cm³/mol. The van der Waals surface area contributed by atoms with Crippen LogP contribution in [0.1, 0.15) is 35.0 Å². The van der Waals surface area contributed by atoms with E-state index in [-0.39, 0.29) is 6.42 Å². The Hall–Kier alpha value is -1.87. The first-order valence-corrected chi connectivity index (χ1v) is 9.12. The molecule has 24 heavy (non-hydrogen) atoms. The molecular formula is C15H23NO7S. The molecule has 0 aliphatic carbocycles. The van der Waals surface area contributed by atoms with Crippen molar-refractivity contribution in [2.45, 2.75) is 39.3 Å². The highest BCUT2D eigenvalue weighted by atomic mass is 32.2. The number of aryl methyl sites for hydroxylation is 2. The first kappa shape index (κ1) is 20.2. The summed E-state index contributed by atoms with van der Waals surface area (Å²) in [5.74, 6) is -1.02. The molecule has 1 unspecified atom stereocenters. The SMILES string of the molecule is COC(=O)Cc1c(C(=O)OC)c(C)cn1CCC(C)OS(C)(=O)=O. The third-order valence-corrected chi connectivity index (χ3v) is 4.10. The molecule has 1 rings (SSSR count). The van der Waals surface area contributed by atoms with Crippen LogP contribution < -0.4 is 0 Å². The van der Waals surface area contributed by atoms with Crippen molar-refractivity contribution in [3.05, 3.63) is 23.0 Å². The van der Waals surface area contributed by atoms with Gasteiger partial charge >= 0.3 is 11.9 Å². The number of methoxy groups -OCH3 is 2. The second-order valence-electron chi connectivity index (χ2n) is 5.47. The van der Waals surface area contributed by atoms with Gasteiger partial charge in [0.25, 0.3) is 10.1 Å². The highest BCUT2D eigenvalue weighted by Crippen LogP contribution is 2.20. The molecule has 0 aliphatic rings. The average molecular weight is 361 g/mol. The van der Waals surface area contributed by atoms with Crippen molar-refractivity contribution < 1.29 is 31.7 Å². The van der Waals surface area contributed by atoms with Crippen LogP contribution in [0.3, 0.4) is 0 Å². The minimum absolute atomic E-state index is 0.0872. The zero-order valence-corrected chi connectivity index (χ0v) is 15.3. The van der Waals surface area contributed by atoms with Crippen LogP contribution in [-0.4, -0.2) is 51.5 Å². The lowest BCUT2D eigenvalue weighted by Gasteiger charge is -2.14. The second kappa shape index (κ2) is 8.29. The third kappa shape index (κ3) is 5.64. The lowest BCUT2D eigenvalue weighted by molar-refractivity contribution is -0.139. The van der Waals surface area contributed by atoms with Crippen molar-refractivity contribution in [2.75, 3.05) is 20.5 Å². The van der Waals surface area contributed by atoms with Gasteiger partial charge in [0, 0.05) is 18.4 Å². The highest BCUT2D eigenvalue weighted by Gasteiger charge is 2.23. The van der Waals surface area contributed by atoms with Crippen LogP contribution in [0.2, 0.25) is 0 Å². The fraction of sp³-hybridized carbons (Fsp3) is 0.600. The first-order chi connectivity index (χ1) is 11.1. The Bertz CT molecular complexity index is 706. The van der Waals surface area contributed by atoms with Gasteiger partial charge in [-0.3, -0.25) is 8.98 Å². The van der Waals surface area contributed by atoms with Gasteiger partial charge in [0.1, 0.15) is 0 Å². The second-order valence-corrected chi connectivity index (χ2v) is 7.07. The maximum Gasteiger partial charge on any atom is 0.339 e. The fourth-order valence-electron chi connectivity index (χ4n) is 2.39. The van der Waals surface area contributed by atoms with E-state index in [1.54, 1.807) is 24.6 Å². The number of rotatable bonds is 8. The molecule has 0 amide bonds. The number of carbonyl (C=O) groups excluding carboxylic acids is 2. The van der Waals surface area contributed by atoms with E-state index >= 15 is 0 Å².